The number of hydrogen-bond acceptors (Lipinski definition) is 8. The van der Waals surface area contributed by atoms with Crippen LogP contribution < -0.4 is 10.5 Å². The molecule has 0 saturated carbocycles. The molecule has 2 aromatic rings. The number of ketones is 1. The van der Waals surface area contributed by atoms with Crippen molar-refractivity contribution in [1.82, 2.24) is 14.2 Å². The van der Waals surface area contributed by atoms with E-state index in [0.717, 1.165) is 10.4 Å². The number of likely N-dealkylation sites (tertiary alicyclic amines) is 1. The van der Waals surface area contributed by atoms with Gasteiger partial charge in [0.15, 0.2) is 5.78 Å². The summed E-state index contributed by atoms with van der Waals surface area (Å²) in [6.45, 7) is 0.747. The molecule has 2 atom stereocenters. The molecule has 4 rings (SSSR count). The standard InChI is InChI=1S/C25H29F4N5O4S/c1-23(18-12-16(4-6-19(18)26)13-21(35)20-7-5-17(38-3)14-31-20)24(39(36,37)33(2)22(30)32-23)8-10-34(15-24)11-9-25(27,28)29/h4-7,12,14H,8-11,13,15H2,1-3H3,(H2,30,32)/t23-,24+/m1/s1. The van der Waals surface area contributed by atoms with Crippen molar-refractivity contribution < 1.29 is 35.5 Å². The van der Waals surface area contributed by atoms with Crippen LogP contribution in [0.2, 0.25) is 0 Å². The van der Waals surface area contributed by atoms with Gasteiger partial charge < -0.3 is 15.4 Å². The third-order valence-electron chi connectivity index (χ3n) is 7.60. The van der Waals surface area contributed by atoms with Crippen molar-refractivity contribution in [3.8, 4) is 5.75 Å². The molecule has 0 bridgehead atoms. The zero-order chi connectivity index (χ0) is 28.8. The highest BCUT2D eigenvalue weighted by molar-refractivity contribution is 7.91. The largest absolute Gasteiger partial charge is 0.495 e. The predicted molar refractivity (Wildman–Crippen MR) is 135 cm³/mol. The summed E-state index contributed by atoms with van der Waals surface area (Å²) in [5.74, 6) is -1.05. The van der Waals surface area contributed by atoms with Gasteiger partial charge in [-0.1, -0.05) is 6.07 Å². The smallest absolute Gasteiger partial charge is 0.390 e. The Kier molecular flexibility index (Phi) is 7.40. The molecule has 9 nitrogen and oxygen atoms in total. The summed E-state index contributed by atoms with van der Waals surface area (Å²) in [5, 5.41) is 0. The molecule has 212 valence electrons. The number of Topliss-reactive ketones (excluding diaryl/α,β-unsaturated/α-hetero) is 1. The molecule has 0 radical (unpaired) electrons. The van der Waals surface area contributed by atoms with Gasteiger partial charge >= 0.3 is 6.18 Å². The lowest BCUT2D eigenvalue weighted by molar-refractivity contribution is -0.137. The topological polar surface area (TPSA) is 118 Å². The van der Waals surface area contributed by atoms with E-state index in [1.165, 1.54) is 50.4 Å². The van der Waals surface area contributed by atoms with Gasteiger partial charge in [-0.25, -0.2) is 27.1 Å². The summed E-state index contributed by atoms with van der Waals surface area (Å²) >= 11 is 0. The monoisotopic (exact) mass is 571 g/mol. The second-order valence-corrected chi connectivity index (χ2v) is 12.2. The van der Waals surface area contributed by atoms with Gasteiger partial charge in [0, 0.05) is 32.1 Å². The molecule has 2 aliphatic rings. The van der Waals surface area contributed by atoms with Crippen molar-refractivity contribution in [1.29, 1.82) is 0 Å². The Morgan fingerprint density at radius 1 is 1.23 bits per heavy atom. The molecule has 2 N–H and O–H groups in total. The van der Waals surface area contributed by atoms with E-state index in [1.54, 1.807) is 6.07 Å². The number of methoxy groups -OCH3 is 1. The van der Waals surface area contributed by atoms with Gasteiger partial charge in [0.05, 0.1) is 19.7 Å². The van der Waals surface area contributed by atoms with E-state index in [2.05, 4.69) is 9.98 Å². The van der Waals surface area contributed by atoms with Crippen LogP contribution in [0.1, 0.15) is 41.4 Å². The van der Waals surface area contributed by atoms with Gasteiger partial charge in [-0.15, -0.1) is 0 Å². The number of hydrogen-bond donors (Lipinski definition) is 1. The molecule has 1 fully saturated rings. The number of pyridine rings is 1. The van der Waals surface area contributed by atoms with Crippen molar-refractivity contribution in [3.63, 3.8) is 0 Å². The number of aromatic nitrogens is 1. The van der Waals surface area contributed by atoms with Gasteiger partial charge in [-0.3, -0.25) is 4.79 Å². The van der Waals surface area contributed by atoms with Crippen molar-refractivity contribution in [2.24, 2.45) is 10.7 Å². The van der Waals surface area contributed by atoms with Crippen molar-refractivity contribution in [3.05, 3.63) is 59.2 Å². The lowest BCUT2D eigenvalue weighted by Crippen LogP contribution is -2.66. The van der Waals surface area contributed by atoms with Crippen LogP contribution in [-0.2, 0) is 22.0 Å². The van der Waals surface area contributed by atoms with Crippen LogP contribution >= 0.6 is 0 Å². The number of carbonyl (C=O) groups excluding carboxylic acids is 1. The van der Waals surface area contributed by atoms with Crippen molar-refractivity contribution in [2.45, 2.75) is 42.6 Å². The SMILES string of the molecule is COc1ccc(C(=O)Cc2ccc(F)c([C@@]3(C)N=C(N)N(C)S(=O)(=O)[C@]34CCN(CCC(F)(F)F)C4)c2)nc1. The summed E-state index contributed by atoms with van der Waals surface area (Å²) in [6, 6.07) is 6.95. The first kappa shape index (κ1) is 28.7. The number of carbonyl (C=O) groups is 1. The maximum absolute atomic E-state index is 15.5. The zero-order valence-electron chi connectivity index (χ0n) is 21.6. The molecule has 2 aliphatic heterocycles. The Hall–Kier alpha value is -3.26. The van der Waals surface area contributed by atoms with Gasteiger partial charge in [0.2, 0.25) is 16.0 Å². The van der Waals surface area contributed by atoms with E-state index in [0.29, 0.717) is 11.3 Å². The average Bonchev–Trinajstić information content (AvgIpc) is 3.33. The lowest BCUT2D eigenvalue weighted by atomic mass is 9.77. The van der Waals surface area contributed by atoms with Crippen molar-refractivity contribution >= 4 is 21.8 Å². The third-order valence-corrected chi connectivity index (χ3v) is 10.2. The van der Waals surface area contributed by atoms with E-state index >= 15 is 4.39 Å². The number of guanidine groups is 1. The number of halogens is 4. The number of nitrogens with two attached hydrogens (primary N) is 1. The van der Waals surface area contributed by atoms with E-state index in [9.17, 15) is 26.4 Å². The van der Waals surface area contributed by atoms with E-state index in [4.69, 9.17) is 10.5 Å². The maximum atomic E-state index is 15.5. The van der Waals surface area contributed by atoms with E-state index in [-0.39, 0.29) is 48.9 Å². The highest BCUT2D eigenvalue weighted by Crippen LogP contribution is 2.51. The second-order valence-electron chi connectivity index (χ2n) is 9.90. The van der Waals surface area contributed by atoms with Crippen LogP contribution in [-0.4, -0.2) is 79.1 Å². The highest BCUT2D eigenvalue weighted by atomic mass is 32.2. The van der Waals surface area contributed by atoms with Crippen LogP contribution in [0.25, 0.3) is 0 Å². The first-order valence-electron chi connectivity index (χ1n) is 12.1. The van der Waals surface area contributed by atoms with Gasteiger partial charge in [-0.05, 0) is 49.7 Å². The highest BCUT2D eigenvalue weighted by Gasteiger charge is 2.66. The molecule has 1 spiro atoms. The molecule has 0 aliphatic carbocycles. The summed E-state index contributed by atoms with van der Waals surface area (Å²) < 4.78 is 85.9. The quantitative estimate of drug-likeness (QED) is 0.401. The van der Waals surface area contributed by atoms with Crippen molar-refractivity contribution in [2.75, 3.05) is 33.8 Å². The Balaban J connectivity index is 1.74. The molecule has 1 saturated heterocycles. The number of rotatable bonds is 7. The average molecular weight is 572 g/mol. The van der Waals surface area contributed by atoms with Crippen LogP contribution in [0.3, 0.4) is 0 Å². The Morgan fingerprint density at radius 3 is 2.56 bits per heavy atom. The zero-order valence-corrected chi connectivity index (χ0v) is 22.4. The summed E-state index contributed by atoms with van der Waals surface area (Å²) in [5.41, 5.74) is 4.60. The Bertz CT molecular complexity index is 1400. The fourth-order valence-electron chi connectivity index (χ4n) is 5.28. The summed E-state index contributed by atoms with van der Waals surface area (Å²) in [6.07, 6.45) is -4.41. The van der Waals surface area contributed by atoms with Crippen LogP contribution in [0.4, 0.5) is 17.6 Å². The number of alkyl halides is 3. The second kappa shape index (κ2) is 10.0. The third kappa shape index (κ3) is 5.07. The maximum Gasteiger partial charge on any atom is 0.390 e. The molecular weight excluding hydrogens is 542 g/mol. The predicted octanol–water partition coefficient (Wildman–Crippen LogP) is 2.86. The number of benzene rings is 1. The van der Waals surface area contributed by atoms with E-state index < -0.39 is 45.3 Å². The fraction of sp³-hybridized carbons (Fsp3) is 0.480. The van der Waals surface area contributed by atoms with E-state index in [1.807, 2.05) is 0 Å². The molecule has 0 unspecified atom stereocenters. The molecule has 14 heteroatoms. The number of ether oxygens (including phenoxy) is 1. The minimum atomic E-state index is -4.42. The molecule has 0 amide bonds. The van der Waals surface area contributed by atoms with Gasteiger partial charge in [0.25, 0.3) is 0 Å². The number of aliphatic imine (C=N–C) groups is 1. The first-order valence-corrected chi connectivity index (χ1v) is 13.5. The van der Waals surface area contributed by atoms with Gasteiger partial charge in [0.1, 0.15) is 27.5 Å². The number of nitrogens with zero attached hydrogens (tertiary/aromatic N) is 4. The minimum absolute atomic E-state index is 0.0388. The van der Waals surface area contributed by atoms with Crippen LogP contribution in [0.5, 0.6) is 5.75 Å². The first-order chi connectivity index (χ1) is 18.1. The summed E-state index contributed by atoms with van der Waals surface area (Å²) in [4.78, 5) is 22.8. The lowest BCUT2D eigenvalue weighted by Gasteiger charge is -2.48. The Morgan fingerprint density at radius 2 is 1.95 bits per heavy atom. The minimum Gasteiger partial charge on any atom is -0.495 e. The Labute approximate surface area is 223 Å². The van der Waals surface area contributed by atoms with Gasteiger partial charge in [-0.2, -0.15) is 13.2 Å². The van der Waals surface area contributed by atoms with Crippen LogP contribution in [0.15, 0.2) is 41.5 Å². The number of sulfonamides is 1. The molecule has 3 heterocycles. The van der Waals surface area contributed by atoms with Crippen LogP contribution in [0, 0.1) is 5.82 Å². The fourth-order valence-corrected chi connectivity index (χ4v) is 7.45. The molecular formula is C25H29F4N5O4S. The molecule has 1 aromatic heterocycles. The molecule has 39 heavy (non-hydrogen) atoms. The summed E-state index contributed by atoms with van der Waals surface area (Å²) in [7, 11) is -1.62. The molecule has 1 aromatic carbocycles. The normalized spacial score (nSPS) is 25.1.